The molecule has 200 valence electrons. The quantitative estimate of drug-likeness (QED) is 0.428. The highest BCUT2D eigenvalue weighted by Gasteiger charge is 2.35. The van der Waals surface area contributed by atoms with Crippen LogP contribution in [0.25, 0.3) is 11.4 Å². The Hall–Kier alpha value is -2.60. The monoisotopic (exact) mass is 505 g/mol. The van der Waals surface area contributed by atoms with Crippen molar-refractivity contribution in [3.63, 3.8) is 0 Å². The zero-order valence-electron chi connectivity index (χ0n) is 23.0. The molecule has 2 unspecified atom stereocenters. The van der Waals surface area contributed by atoms with Crippen molar-refractivity contribution in [1.82, 2.24) is 15.3 Å². The first-order valence-electron chi connectivity index (χ1n) is 14.1. The van der Waals surface area contributed by atoms with Crippen LogP contribution in [0.3, 0.4) is 0 Å². The van der Waals surface area contributed by atoms with Crippen LogP contribution in [0.4, 0.5) is 0 Å². The van der Waals surface area contributed by atoms with Crippen LogP contribution in [0.5, 0.6) is 0 Å². The molecule has 1 heterocycles. The van der Waals surface area contributed by atoms with E-state index in [0.29, 0.717) is 24.1 Å². The van der Waals surface area contributed by atoms with Gasteiger partial charge in [0, 0.05) is 36.8 Å². The molecule has 1 aromatic heterocycles. The second-order valence-corrected chi connectivity index (χ2v) is 12.0. The Morgan fingerprint density at radius 1 is 0.973 bits per heavy atom. The van der Waals surface area contributed by atoms with Crippen LogP contribution in [0.15, 0.2) is 36.7 Å². The third kappa shape index (κ3) is 7.70. The lowest BCUT2D eigenvalue weighted by Crippen LogP contribution is -2.31. The number of ketones is 1. The van der Waals surface area contributed by atoms with E-state index in [4.69, 9.17) is 4.74 Å². The molecule has 2 atom stereocenters. The lowest BCUT2D eigenvalue weighted by Gasteiger charge is -2.37. The van der Waals surface area contributed by atoms with E-state index in [2.05, 4.69) is 22.2 Å². The standard InChI is InChI=1S/C31H43N3O3/c1-5-21-6-10-23(11-7-21)25-14-15-27(28(35)16-25)26-18-33-30(34-19-26)24-12-8-22(9-13-24)17-32-20-29(36)37-31(2,3)4/h8-9,12-13,18-19,21,23,25,27,32H,5-7,10-11,14-17,20H2,1-4H3. The van der Waals surface area contributed by atoms with Gasteiger partial charge in [0.05, 0.1) is 6.54 Å². The van der Waals surface area contributed by atoms with Crippen molar-refractivity contribution in [3.05, 3.63) is 47.8 Å². The molecule has 0 saturated heterocycles. The van der Waals surface area contributed by atoms with Crippen molar-refractivity contribution in [1.29, 1.82) is 0 Å². The Labute approximate surface area is 222 Å². The predicted octanol–water partition coefficient (Wildman–Crippen LogP) is 6.24. The Morgan fingerprint density at radius 3 is 2.22 bits per heavy atom. The van der Waals surface area contributed by atoms with E-state index < -0.39 is 5.60 Å². The number of Topliss-reactive ketones (excluding diaryl/α,β-unsaturated/α-hetero) is 1. The summed E-state index contributed by atoms with van der Waals surface area (Å²) >= 11 is 0. The number of hydrogen-bond donors (Lipinski definition) is 1. The van der Waals surface area contributed by atoms with E-state index in [-0.39, 0.29) is 18.4 Å². The summed E-state index contributed by atoms with van der Waals surface area (Å²) in [6.07, 6.45) is 13.1. The van der Waals surface area contributed by atoms with Gasteiger partial charge in [-0.05, 0) is 75.3 Å². The van der Waals surface area contributed by atoms with Crippen LogP contribution < -0.4 is 5.32 Å². The fraction of sp³-hybridized carbons (Fsp3) is 0.613. The van der Waals surface area contributed by atoms with E-state index in [9.17, 15) is 9.59 Å². The number of rotatable bonds is 8. The molecule has 0 aliphatic heterocycles. The average Bonchev–Trinajstić information content (AvgIpc) is 2.88. The van der Waals surface area contributed by atoms with Gasteiger partial charge in [0.25, 0.3) is 0 Å². The summed E-state index contributed by atoms with van der Waals surface area (Å²) in [5.74, 6) is 2.91. The van der Waals surface area contributed by atoms with Gasteiger partial charge >= 0.3 is 5.97 Å². The highest BCUT2D eigenvalue weighted by Crippen LogP contribution is 2.42. The molecule has 2 saturated carbocycles. The average molecular weight is 506 g/mol. The summed E-state index contributed by atoms with van der Waals surface area (Å²) in [5, 5.41) is 3.12. The summed E-state index contributed by atoms with van der Waals surface area (Å²) in [6, 6.07) is 7.99. The maximum atomic E-state index is 13.1. The van der Waals surface area contributed by atoms with Crippen LogP contribution in [-0.4, -0.2) is 33.9 Å². The number of esters is 1. The molecular formula is C31H43N3O3. The molecule has 1 N–H and O–H groups in total. The number of ether oxygens (including phenoxy) is 1. The highest BCUT2D eigenvalue weighted by molar-refractivity contribution is 5.86. The molecule has 37 heavy (non-hydrogen) atoms. The number of nitrogens with zero attached hydrogens (tertiary/aromatic N) is 2. The predicted molar refractivity (Wildman–Crippen MR) is 146 cm³/mol. The number of aromatic nitrogens is 2. The smallest absolute Gasteiger partial charge is 0.320 e. The van der Waals surface area contributed by atoms with Crippen LogP contribution in [0.1, 0.15) is 96.1 Å². The first-order valence-corrected chi connectivity index (χ1v) is 14.1. The molecule has 4 rings (SSSR count). The summed E-state index contributed by atoms with van der Waals surface area (Å²) in [7, 11) is 0. The van der Waals surface area contributed by atoms with Crippen LogP contribution in [0, 0.1) is 17.8 Å². The zero-order chi connectivity index (χ0) is 26.4. The second-order valence-electron chi connectivity index (χ2n) is 12.0. The van der Waals surface area contributed by atoms with Gasteiger partial charge in [-0.15, -0.1) is 0 Å². The van der Waals surface area contributed by atoms with Crippen molar-refractivity contribution < 1.29 is 14.3 Å². The fourth-order valence-corrected chi connectivity index (χ4v) is 5.99. The first-order chi connectivity index (χ1) is 17.7. The Morgan fingerprint density at radius 2 is 1.62 bits per heavy atom. The van der Waals surface area contributed by atoms with Gasteiger partial charge in [-0.1, -0.05) is 50.5 Å². The molecule has 6 nitrogen and oxygen atoms in total. The van der Waals surface area contributed by atoms with Gasteiger partial charge in [0.2, 0.25) is 0 Å². The molecule has 2 fully saturated rings. The normalized spacial score (nSPS) is 24.6. The largest absolute Gasteiger partial charge is 0.459 e. The number of carbonyl (C=O) groups excluding carboxylic acids is 2. The third-order valence-corrected chi connectivity index (χ3v) is 8.12. The topological polar surface area (TPSA) is 81.2 Å². The molecule has 0 bridgehead atoms. The SMILES string of the molecule is CCC1CCC(C2CCC(c3cnc(-c4ccc(CNCC(=O)OC(C)(C)C)cc4)nc3)C(=O)C2)CC1. The molecular weight excluding hydrogens is 462 g/mol. The first kappa shape index (κ1) is 27.4. The summed E-state index contributed by atoms with van der Waals surface area (Å²) < 4.78 is 5.31. The van der Waals surface area contributed by atoms with Crippen molar-refractivity contribution in [2.24, 2.45) is 17.8 Å². The maximum Gasteiger partial charge on any atom is 0.320 e. The van der Waals surface area contributed by atoms with Gasteiger partial charge in [-0.25, -0.2) is 9.97 Å². The fourth-order valence-electron chi connectivity index (χ4n) is 5.99. The van der Waals surface area contributed by atoms with Gasteiger partial charge < -0.3 is 10.1 Å². The number of hydrogen-bond acceptors (Lipinski definition) is 6. The Bertz CT molecular complexity index is 1030. The molecule has 1 aromatic carbocycles. The van der Waals surface area contributed by atoms with Gasteiger partial charge in [-0.3, -0.25) is 9.59 Å². The minimum atomic E-state index is -0.476. The summed E-state index contributed by atoms with van der Waals surface area (Å²) in [5.41, 5.74) is 2.47. The Balaban J connectivity index is 1.27. The van der Waals surface area contributed by atoms with Crippen molar-refractivity contribution in [3.8, 4) is 11.4 Å². The Kier molecular flexibility index (Phi) is 9.12. The van der Waals surface area contributed by atoms with E-state index in [1.165, 1.54) is 32.1 Å². The van der Waals surface area contributed by atoms with E-state index in [1.54, 1.807) is 0 Å². The van der Waals surface area contributed by atoms with Crippen molar-refractivity contribution in [2.75, 3.05) is 6.54 Å². The highest BCUT2D eigenvalue weighted by atomic mass is 16.6. The van der Waals surface area contributed by atoms with Crippen LogP contribution in [-0.2, 0) is 20.9 Å². The molecule has 6 heteroatoms. The van der Waals surface area contributed by atoms with E-state index >= 15 is 0 Å². The lowest BCUT2D eigenvalue weighted by molar-refractivity contribution is -0.153. The molecule has 0 spiro atoms. The van der Waals surface area contributed by atoms with Gasteiger partial charge in [0.15, 0.2) is 5.82 Å². The number of nitrogens with one attached hydrogen (secondary N) is 1. The van der Waals surface area contributed by atoms with Gasteiger partial charge in [-0.2, -0.15) is 0 Å². The lowest BCUT2D eigenvalue weighted by atomic mass is 9.68. The van der Waals surface area contributed by atoms with Crippen LogP contribution >= 0.6 is 0 Å². The van der Waals surface area contributed by atoms with E-state index in [1.807, 2.05) is 57.4 Å². The summed E-state index contributed by atoms with van der Waals surface area (Å²) in [4.78, 5) is 34.1. The summed E-state index contributed by atoms with van der Waals surface area (Å²) in [6.45, 7) is 8.63. The van der Waals surface area contributed by atoms with E-state index in [0.717, 1.165) is 47.8 Å². The molecule has 2 aliphatic rings. The minimum absolute atomic E-state index is 0.0595. The third-order valence-electron chi connectivity index (χ3n) is 8.12. The minimum Gasteiger partial charge on any atom is -0.459 e. The maximum absolute atomic E-state index is 13.1. The number of carbonyl (C=O) groups is 2. The van der Waals surface area contributed by atoms with Gasteiger partial charge in [0.1, 0.15) is 11.4 Å². The zero-order valence-corrected chi connectivity index (χ0v) is 23.0. The molecule has 2 aromatic rings. The molecule has 0 amide bonds. The van der Waals surface area contributed by atoms with Crippen molar-refractivity contribution >= 4 is 11.8 Å². The van der Waals surface area contributed by atoms with Crippen molar-refractivity contribution in [2.45, 2.75) is 97.1 Å². The molecule has 0 radical (unpaired) electrons. The second kappa shape index (κ2) is 12.3. The number of benzene rings is 1. The van der Waals surface area contributed by atoms with Crippen LogP contribution in [0.2, 0.25) is 0 Å². The molecule has 2 aliphatic carbocycles.